The van der Waals surface area contributed by atoms with Crippen molar-refractivity contribution in [1.29, 1.82) is 0 Å². The van der Waals surface area contributed by atoms with Gasteiger partial charge in [0.2, 0.25) is 6.29 Å². The van der Waals surface area contributed by atoms with E-state index in [2.05, 4.69) is 38.1 Å². The van der Waals surface area contributed by atoms with Crippen LogP contribution in [0.4, 0.5) is 0 Å². The predicted octanol–water partition coefficient (Wildman–Crippen LogP) is 7.90. The Bertz CT molecular complexity index is 1210. The lowest BCUT2D eigenvalue weighted by Gasteiger charge is -2.58. The number of ether oxygens (including phenoxy) is 3. The molecule has 0 amide bonds. The van der Waals surface area contributed by atoms with Crippen LogP contribution in [-0.2, 0) is 9.53 Å². The zero-order valence-electron chi connectivity index (χ0n) is 22.0. The van der Waals surface area contributed by atoms with E-state index in [1.54, 1.807) is 0 Å². The molecule has 4 bridgehead atoms. The Labute approximate surface area is 220 Å². The Morgan fingerprint density at radius 1 is 0.892 bits per heavy atom. The molecule has 0 heterocycles. The Hall–Kier alpha value is -2.85. The Kier molecular flexibility index (Phi) is 6.71. The van der Waals surface area contributed by atoms with E-state index in [0.717, 1.165) is 60.0 Å². The number of benzene rings is 3. The molecule has 194 valence electrons. The van der Waals surface area contributed by atoms with E-state index >= 15 is 0 Å². The molecule has 4 aliphatic rings. The standard InChI is InChI=1S/C33H38O4/c1-3-22(2)26-11-13-28(14-12-26)36-32(33-18-23-15-24(19-33)17-25(16-23)20-33)35-21-31(34)37-30-10-6-8-27-7-4-5-9-29(27)30/h4-14,22-25,32H,3,15-21H2,1-2H3. The van der Waals surface area contributed by atoms with E-state index in [0.29, 0.717) is 11.7 Å². The molecule has 4 heteroatoms. The molecule has 4 aliphatic carbocycles. The average Bonchev–Trinajstić information content (AvgIpc) is 2.90. The zero-order valence-corrected chi connectivity index (χ0v) is 22.0. The minimum atomic E-state index is -0.449. The van der Waals surface area contributed by atoms with Gasteiger partial charge in [0.15, 0.2) is 0 Å². The maximum absolute atomic E-state index is 13.0. The monoisotopic (exact) mass is 498 g/mol. The van der Waals surface area contributed by atoms with Gasteiger partial charge in [0.05, 0.1) is 0 Å². The fraction of sp³-hybridized carbons (Fsp3) is 0.485. The largest absolute Gasteiger partial charge is 0.464 e. The molecule has 2 unspecified atom stereocenters. The summed E-state index contributed by atoms with van der Waals surface area (Å²) >= 11 is 0. The van der Waals surface area contributed by atoms with E-state index < -0.39 is 6.29 Å². The van der Waals surface area contributed by atoms with Crippen LogP contribution in [0.25, 0.3) is 10.8 Å². The summed E-state index contributed by atoms with van der Waals surface area (Å²) in [4.78, 5) is 13.0. The molecule has 0 spiro atoms. The quantitative estimate of drug-likeness (QED) is 0.171. The molecule has 0 N–H and O–H groups in total. The molecule has 0 radical (unpaired) electrons. The van der Waals surface area contributed by atoms with Crippen LogP contribution < -0.4 is 9.47 Å². The minimum absolute atomic E-state index is 0.0240. The van der Waals surface area contributed by atoms with Crippen molar-refractivity contribution in [2.45, 2.75) is 71.0 Å². The molecule has 2 atom stereocenters. The number of carbonyl (C=O) groups excluding carboxylic acids is 1. The first-order chi connectivity index (χ1) is 18.0. The SMILES string of the molecule is CCC(C)c1ccc(OC(OCC(=O)Oc2cccc3ccccc23)C23CC4CC(CC(C4)C2)C3)cc1. The second kappa shape index (κ2) is 10.1. The van der Waals surface area contributed by atoms with E-state index in [-0.39, 0.29) is 18.0 Å². The van der Waals surface area contributed by atoms with Gasteiger partial charge in [-0.2, -0.15) is 0 Å². The van der Waals surface area contributed by atoms with Crippen molar-refractivity contribution >= 4 is 16.7 Å². The molecular formula is C33H38O4. The summed E-state index contributed by atoms with van der Waals surface area (Å²) < 4.78 is 18.8. The zero-order chi connectivity index (χ0) is 25.4. The van der Waals surface area contributed by atoms with Gasteiger partial charge in [0.25, 0.3) is 0 Å². The van der Waals surface area contributed by atoms with Crippen molar-refractivity contribution in [2.75, 3.05) is 6.61 Å². The summed E-state index contributed by atoms with van der Waals surface area (Å²) in [6.07, 6.45) is 8.09. The van der Waals surface area contributed by atoms with E-state index in [9.17, 15) is 4.79 Å². The summed E-state index contributed by atoms with van der Waals surface area (Å²) in [5.74, 6) is 3.80. The van der Waals surface area contributed by atoms with Crippen molar-refractivity contribution in [3.05, 3.63) is 72.3 Å². The molecule has 7 rings (SSSR count). The first-order valence-electron chi connectivity index (χ1n) is 14.1. The second-order valence-corrected chi connectivity index (χ2v) is 11.9. The van der Waals surface area contributed by atoms with Crippen LogP contribution in [0, 0.1) is 23.2 Å². The van der Waals surface area contributed by atoms with Crippen LogP contribution in [0.1, 0.15) is 70.3 Å². The van der Waals surface area contributed by atoms with Gasteiger partial charge in [-0.3, -0.25) is 0 Å². The third-order valence-corrected chi connectivity index (χ3v) is 9.22. The van der Waals surface area contributed by atoms with Gasteiger partial charge in [-0.15, -0.1) is 0 Å². The molecular weight excluding hydrogens is 460 g/mol. The first-order valence-corrected chi connectivity index (χ1v) is 14.1. The molecule has 3 aromatic rings. The highest BCUT2D eigenvalue weighted by molar-refractivity contribution is 5.90. The number of esters is 1. The highest BCUT2D eigenvalue weighted by Crippen LogP contribution is 2.61. The average molecular weight is 499 g/mol. The molecule has 4 fully saturated rings. The van der Waals surface area contributed by atoms with Crippen LogP contribution >= 0.6 is 0 Å². The maximum atomic E-state index is 13.0. The summed E-state index contributed by atoms with van der Waals surface area (Å²) in [6, 6.07) is 22.2. The highest BCUT2D eigenvalue weighted by Gasteiger charge is 2.56. The summed E-state index contributed by atoms with van der Waals surface area (Å²) in [6.45, 7) is 4.34. The molecule has 37 heavy (non-hydrogen) atoms. The van der Waals surface area contributed by atoms with Gasteiger partial charge in [0, 0.05) is 10.8 Å². The fourth-order valence-electron chi connectivity index (χ4n) is 7.62. The second-order valence-electron chi connectivity index (χ2n) is 11.9. The fourth-order valence-corrected chi connectivity index (χ4v) is 7.62. The van der Waals surface area contributed by atoms with Crippen molar-refractivity contribution in [3.8, 4) is 11.5 Å². The molecule has 4 nitrogen and oxygen atoms in total. The number of carbonyl (C=O) groups is 1. The van der Waals surface area contributed by atoms with Gasteiger partial charge in [-0.05, 0) is 97.8 Å². The molecule has 0 aliphatic heterocycles. The molecule has 0 aromatic heterocycles. The third kappa shape index (κ3) is 5.01. The molecule has 4 saturated carbocycles. The van der Waals surface area contributed by atoms with Gasteiger partial charge in [0.1, 0.15) is 18.1 Å². The lowest BCUT2D eigenvalue weighted by Crippen LogP contribution is -2.54. The highest BCUT2D eigenvalue weighted by atomic mass is 16.7. The molecule has 0 saturated heterocycles. The lowest BCUT2D eigenvalue weighted by atomic mass is 9.49. The van der Waals surface area contributed by atoms with Gasteiger partial charge in [-0.1, -0.05) is 62.4 Å². The van der Waals surface area contributed by atoms with Crippen LogP contribution in [-0.4, -0.2) is 18.9 Å². The number of fused-ring (bicyclic) bond motifs is 1. The van der Waals surface area contributed by atoms with Crippen molar-refractivity contribution < 1.29 is 19.0 Å². The Morgan fingerprint density at radius 3 is 2.22 bits per heavy atom. The summed E-state index contributed by atoms with van der Waals surface area (Å²) in [7, 11) is 0. The van der Waals surface area contributed by atoms with Crippen LogP contribution in [0.5, 0.6) is 11.5 Å². The van der Waals surface area contributed by atoms with Gasteiger partial charge < -0.3 is 14.2 Å². The third-order valence-electron chi connectivity index (χ3n) is 9.22. The summed E-state index contributed by atoms with van der Waals surface area (Å²) in [5.41, 5.74) is 1.30. The molecule has 3 aromatic carbocycles. The van der Waals surface area contributed by atoms with Gasteiger partial charge >= 0.3 is 5.97 Å². The van der Waals surface area contributed by atoms with E-state index in [1.807, 2.05) is 42.5 Å². The minimum Gasteiger partial charge on any atom is -0.464 e. The van der Waals surface area contributed by atoms with Crippen molar-refractivity contribution in [1.82, 2.24) is 0 Å². The maximum Gasteiger partial charge on any atom is 0.337 e. The number of hydrogen-bond donors (Lipinski definition) is 0. The predicted molar refractivity (Wildman–Crippen MR) is 146 cm³/mol. The normalized spacial score (nSPS) is 27.7. The van der Waals surface area contributed by atoms with Crippen molar-refractivity contribution in [3.63, 3.8) is 0 Å². The summed E-state index contributed by atoms with van der Waals surface area (Å²) in [5, 5.41) is 1.97. The first kappa shape index (κ1) is 24.5. The Morgan fingerprint density at radius 2 is 1.54 bits per heavy atom. The van der Waals surface area contributed by atoms with E-state index in [1.165, 1.54) is 24.8 Å². The topological polar surface area (TPSA) is 44.8 Å². The lowest BCUT2D eigenvalue weighted by molar-refractivity contribution is -0.217. The van der Waals surface area contributed by atoms with Crippen molar-refractivity contribution in [2.24, 2.45) is 23.2 Å². The number of hydrogen-bond acceptors (Lipinski definition) is 4. The van der Waals surface area contributed by atoms with Gasteiger partial charge in [-0.25, -0.2) is 4.79 Å². The van der Waals surface area contributed by atoms with Crippen LogP contribution in [0.2, 0.25) is 0 Å². The van der Waals surface area contributed by atoms with Crippen LogP contribution in [0.15, 0.2) is 66.7 Å². The number of rotatable bonds is 9. The smallest absolute Gasteiger partial charge is 0.337 e. The van der Waals surface area contributed by atoms with E-state index in [4.69, 9.17) is 14.2 Å². The van der Waals surface area contributed by atoms with Crippen LogP contribution in [0.3, 0.4) is 0 Å². The Balaban J connectivity index is 1.20.